The number of amides is 3. The molecule has 1 aromatic rings. The molecule has 0 aliphatic carbocycles. The summed E-state index contributed by atoms with van der Waals surface area (Å²) in [5.41, 5.74) is 5.13. The SMILES string of the molecule is NC(=O)OCC1=C(C(=O)O)N2C(=O)[C@@H]3[C@H]2[C@H](C1)CN3C(=O)CSc1ccncc1.[NaH]. The summed E-state index contributed by atoms with van der Waals surface area (Å²) in [5.74, 6) is -1.80. The molecule has 0 aromatic carbocycles. The Labute approximate surface area is 198 Å². The van der Waals surface area contributed by atoms with Crippen molar-refractivity contribution in [2.45, 2.75) is 23.4 Å². The second-order valence-electron chi connectivity index (χ2n) is 6.99. The van der Waals surface area contributed by atoms with Gasteiger partial charge in [-0.3, -0.25) is 19.5 Å². The first-order chi connectivity index (χ1) is 13.9. The number of likely N-dealkylation sites (tertiary alicyclic amines) is 1. The molecule has 12 heteroatoms. The molecule has 0 spiro atoms. The van der Waals surface area contributed by atoms with Gasteiger partial charge >= 0.3 is 41.6 Å². The predicted molar refractivity (Wildman–Crippen MR) is 107 cm³/mol. The van der Waals surface area contributed by atoms with Crippen LogP contribution in [0.1, 0.15) is 6.42 Å². The third kappa shape index (κ3) is 3.94. The van der Waals surface area contributed by atoms with E-state index in [1.54, 1.807) is 29.4 Å². The van der Waals surface area contributed by atoms with E-state index < -0.39 is 24.0 Å². The summed E-state index contributed by atoms with van der Waals surface area (Å²) in [7, 11) is 0. The van der Waals surface area contributed by atoms with Crippen LogP contribution in [0.15, 0.2) is 40.7 Å². The fourth-order valence-corrected chi connectivity index (χ4v) is 5.01. The quantitative estimate of drug-likeness (QED) is 0.338. The molecule has 3 atom stereocenters. The molecule has 1 aromatic heterocycles. The van der Waals surface area contributed by atoms with E-state index in [2.05, 4.69) is 4.98 Å². The molecule has 2 fully saturated rings. The average molecular weight is 442 g/mol. The number of thioether (sulfide) groups is 1. The van der Waals surface area contributed by atoms with Crippen molar-refractivity contribution >= 4 is 65.2 Å². The van der Waals surface area contributed by atoms with Crippen molar-refractivity contribution in [3.8, 4) is 0 Å². The topological polar surface area (TPSA) is 143 Å². The number of aliphatic carboxylic acids is 1. The summed E-state index contributed by atoms with van der Waals surface area (Å²) in [5, 5.41) is 9.58. The molecule has 2 saturated heterocycles. The van der Waals surface area contributed by atoms with Crippen molar-refractivity contribution in [3.63, 3.8) is 0 Å². The molecule has 3 amide bonds. The maximum atomic E-state index is 12.8. The Morgan fingerprint density at radius 3 is 2.63 bits per heavy atom. The van der Waals surface area contributed by atoms with E-state index in [0.29, 0.717) is 18.5 Å². The van der Waals surface area contributed by atoms with Gasteiger partial charge in [0.15, 0.2) is 0 Å². The number of nitrogens with zero attached hydrogens (tertiary/aromatic N) is 3. The minimum absolute atomic E-state index is 0. The van der Waals surface area contributed by atoms with Crippen LogP contribution >= 0.6 is 11.8 Å². The molecule has 10 nitrogen and oxygen atoms in total. The zero-order valence-electron chi connectivity index (χ0n) is 15.2. The molecular weight excluding hydrogens is 423 g/mol. The average Bonchev–Trinajstić information content (AvgIpc) is 3.06. The van der Waals surface area contributed by atoms with Gasteiger partial charge in [-0.2, -0.15) is 0 Å². The Hall–Kier alpha value is -2.08. The Morgan fingerprint density at radius 2 is 2.00 bits per heavy atom. The number of primary amides is 1. The monoisotopic (exact) mass is 442 g/mol. The summed E-state index contributed by atoms with van der Waals surface area (Å²) >= 11 is 1.35. The van der Waals surface area contributed by atoms with Gasteiger partial charge in [-0.15, -0.1) is 11.8 Å². The van der Waals surface area contributed by atoms with Crippen LogP contribution in [0.3, 0.4) is 0 Å². The summed E-state index contributed by atoms with van der Waals surface area (Å²) in [4.78, 5) is 55.7. The van der Waals surface area contributed by atoms with Crippen LogP contribution in [-0.2, 0) is 19.1 Å². The zero-order chi connectivity index (χ0) is 20.7. The number of hydrogen-bond donors (Lipinski definition) is 2. The Morgan fingerprint density at radius 1 is 1.30 bits per heavy atom. The van der Waals surface area contributed by atoms with E-state index in [-0.39, 0.29) is 65.5 Å². The molecule has 3 aliphatic heterocycles. The molecular formula is C18H19N4NaO6S. The van der Waals surface area contributed by atoms with Crippen molar-refractivity contribution in [2.75, 3.05) is 18.9 Å². The number of nitrogens with two attached hydrogens (primary N) is 1. The van der Waals surface area contributed by atoms with Crippen molar-refractivity contribution in [1.82, 2.24) is 14.8 Å². The van der Waals surface area contributed by atoms with Crippen LogP contribution in [-0.4, -0.2) is 104 Å². The van der Waals surface area contributed by atoms with E-state index in [1.165, 1.54) is 16.7 Å². The number of carboxylic acids is 1. The fraction of sp³-hybridized carbons (Fsp3) is 0.389. The number of carboxylic acid groups (broad SMARTS) is 1. The van der Waals surface area contributed by atoms with Crippen LogP contribution in [0.5, 0.6) is 0 Å². The third-order valence-corrected chi connectivity index (χ3v) is 6.37. The van der Waals surface area contributed by atoms with Crippen molar-refractivity contribution in [1.29, 1.82) is 0 Å². The summed E-state index contributed by atoms with van der Waals surface area (Å²) < 4.78 is 4.76. The minimum atomic E-state index is -1.27. The van der Waals surface area contributed by atoms with Gasteiger partial charge in [-0.1, -0.05) is 0 Å². The van der Waals surface area contributed by atoms with Gasteiger partial charge in [0, 0.05) is 29.8 Å². The molecule has 0 unspecified atom stereocenters. The van der Waals surface area contributed by atoms with Crippen molar-refractivity contribution in [3.05, 3.63) is 35.8 Å². The fourth-order valence-electron chi connectivity index (χ4n) is 4.24. The van der Waals surface area contributed by atoms with E-state index in [0.717, 1.165) is 4.90 Å². The summed E-state index contributed by atoms with van der Waals surface area (Å²) in [6.45, 7) is 0.0563. The van der Waals surface area contributed by atoms with Gasteiger partial charge in [0.05, 0.1) is 11.8 Å². The number of β-lactam (4-membered cyclic amide) rings is 1. The van der Waals surface area contributed by atoms with Crippen LogP contribution in [0, 0.1) is 5.92 Å². The molecule has 3 aliphatic rings. The standard InChI is InChI=1S/C18H18N4O6S.Na.H/c19-18(27)28-7-10-5-9-6-21(12(23)8-29-11-1-3-20-4-2-11)15-13(9)22(16(15)24)14(10)17(25)26;;/h1-4,9,13,15H,5-8H2,(H2,19,27)(H,25,26);;/t9-,13-,15+;;/m1../s1. The zero-order valence-corrected chi connectivity index (χ0v) is 16.0. The number of aromatic nitrogens is 1. The first-order valence-corrected chi connectivity index (χ1v) is 9.90. The van der Waals surface area contributed by atoms with Crippen LogP contribution < -0.4 is 5.73 Å². The first kappa shape index (κ1) is 22.6. The number of carbonyl (C=O) groups excluding carboxylic acids is 3. The normalized spacial score (nSPS) is 24.0. The first-order valence-electron chi connectivity index (χ1n) is 8.91. The van der Waals surface area contributed by atoms with Gasteiger partial charge in [-0.05, 0) is 24.1 Å². The molecule has 0 bridgehead atoms. The molecule has 4 rings (SSSR count). The Bertz CT molecular complexity index is 927. The number of pyridine rings is 1. The van der Waals surface area contributed by atoms with Crippen LogP contribution in [0.2, 0.25) is 0 Å². The van der Waals surface area contributed by atoms with E-state index in [1.807, 2.05) is 0 Å². The Balaban J connectivity index is 0.00000256. The van der Waals surface area contributed by atoms with Crippen molar-refractivity contribution in [2.24, 2.45) is 11.7 Å². The second-order valence-corrected chi connectivity index (χ2v) is 8.04. The second kappa shape index (κ2) is 8.96. The molecule has 4 heterocycles. The van der Waals surface area contributed by atoms with Gasteiger partial charge < -0.3 is 20.5 Å². The number of rotatable bonds is 6. The van der Waals surface area contributed by atoms with E-state index in [4.69, 9.17) is 10.5 Å². The third-order valence-electron chi connectivity index (χ3n) is 5.37. The molecule has 154 valence electrons. The summed E-state index contributed by atoms with van der Waals surface area (Å²) in [6, 6.07) is 2.59. The molecule has 3 N–H and O–H groups in total. The van der Waals surface area contributed by atoms with E-state index >= 15 is 0 Å². The summed E-state index contributed by atoms with van der Waals surface area (Å²) in [6.07, 6.45) is 2.58. The van der Waals surface area contributed by atoms with Gasteiger partial charge in [-0.25, -0.2) is 9.59 Å². The van der Waals surface area contributed by atoms with Crippen LogP contribution in [0.4, 0.5) is 4.79 Å². The van der Waals surface area contributed by atoms with E-state index in [9.17, 15) is 24.3 Å². The molecule has 0 saturated carbocycles. The van der Waals surface area contributed by atoms with Crippen LogP contribution in [0.25, 0.3) is 0 Å². The molecule has 30 heavy (non-hydrogen) atoms. The maximum absolute atomic E-state index is 12.8. The number of hydrogen-bond acceptors (Lipinski definition) is 7. The van der Waals surface area contributed by atoms with Gasteiger partial charge in [0.1, 0.15) is 18.3 Å². The number of ether oxygens (including phenoxy) is 1. The Kier molecular flexibility index (Phi) is 6.75. The molecule has 0 radical (unpaired) electrons. The van der Waals surface area contributed by atoms with Crippen molar-refractivity contribution < 1.29 is 29.0 Å². The van der Waals surface area contributed by atoms with Gasteiger partial charge in [0.2, 0.25) is 5.91 Å². The number of carbonyl (C=O) groups is 4. The van der Waals surface area contributed by atoms with Gasteiger partial charge in [0.25, 0.3) is 5.91 Å². The predicted octanol–water partition coefficient (Wildman–Crippen LogP) is -0.599.